The quantitative estimate of drug-likeness (QED) is 0.872. The summed E-state index contributed by atoms with van der Waals surface area (Å²) in [5.41, 5.74) is 0.271. The summed E-state index contributed by atoms with van der Waals surface area (Å²) < 4.78 is 54.0. The van der Waals surface area contributed by atoms with Crippen molar-refractivity contribution in [1.82, 2.24) is 14.8 Å². The fraction of sp³-hybridized carbons (Fsp3) is 0.273. The van der Waals surface area contributed by atoms with Crippen molar-refractivity contribution in [3.63, 3.8) is 0 Å². The second-order valence-corrected chi connectivity index (χ2v) is 5.82. The first-order valence-electron chi connectivity index (χ1n) is 5.57. The minimum Gasteiger partial charge on any atom is -0.275 e. The van der Waals surface area contributed by atoms with Crippen LogP contribution in [-0.4, -0.2) is 23.2 Å². The molecule has 0 aliphatic heterocycles. The molecule has 2 aromatic rings. The highest BCUT2D eigenvalue weighted by molar-refractivity contribution is 7.92. The lowest BCUT2D eigenvalue weighted by atomic mass is 10.4. The van der Waals surface area contributed by atoms with Crippen LogP contribution in [0.5, 0.6) is 0 Å². The highest BCUT2D eigenvalue weighted by Gasteiger charge is 2.25. The molecule has 0 fully saturated rings. The fourth-order valence-electron chi connectivity index (χ4n) is 1.83. The maximum absolute atomic E-state index is 13.4. The van der Waals surface area contributed by atoms with Crippen LogP contribution in [0, 0.1) is 25.7 Å². The molecule has 0 saturated heterocycles. The van der Waals surface area contributed by atoms with Gasteiger partial charge in [-0.1, -0.05) is 0 Å². The van der Waals surface area contributed by atoms with E-state index in [-0.39, 0.29) is 10.6 Å². The zero-order chi connectivity index (χ0) is 15.1. The Bertz CT molecular complexity index is 771. The molecule has 20 heavy (non-hydrogen) atoms. The number of nitrogens with zero attached hydrogens (tertiary/aromatic N) is 3. The summed E-state index contributed by atoms with van der Waals surface area (Å²) in [6.07, 6.45) is 0. The molecule has 2 rings (SSSR count). The molecule has 0 aliphatic rings. The van der Waals surface area contributed by atoms with Gasteiger partial charge in [0.05, 0.1) is 11.4 Å². The molecule has 1 N–H and O–H groups in total. The number of hydrogen-bond donors (Lipinski definition) is 1. The zero-order valence-electron chi connectivity index (χ0n) is 11.0. The zero-order valence-corrected chi connectivity index (χ0v) is 11.8. The second kappa shape index (κ2) is 4.82. The molecule has 0 amide bonds. The van der Waals surface area contributed by atoms with Crippen LogP contribution < -0.4 is 4.72 Å². The standard InChI is InChI=1S/C11H12F2N4O2S/c1-6-10(7(2)17(3)15-6)20(18,19)16-8-4-5-9(12)14-11(8)13/h4-5,16H,1-3H3. The van der Waals surface area contributed by atoms with Gasteiger partial charge in [-0.3, -0.25) is 9.40 Å². The molecule has 9 heteroatoms. The van der Waals surface area contributed by atoms with E-state index in [0.717, 1.165) is 12.1 Å². The highest BCUT2D eigenvalue weighted by Crippen LogP contribution is 2.23. The van der Waals surface area contributed by atoms with Gasteiger partial charge in [0.15, 0.2) is 0 Å². The van der Waals surface area contributed by atoms with Crippen LogP contribution in [0.25, 0.3) is 0 Å². The van der Waals surface area contributed by atoms with Gasteiger partial charge in [0, 0.05) is 7.05 Å². The third-order valence-electron chi connectivity index (χ3n) is 2.77. The molecule has 108 valence electrons. The first-order chi connectivity index (χ1) is 9.22. The Morgan fingerprint density at radius 3 is 2.40 bits per heavy atom. The van der Waals surface area contributed by atoms with E-state index in [0.29, 0.717) is 5.69 Å². The number of aromatic nitrogens is 3. The van der Waals surface area contributed by atoms with Gasteiger partial charge in [-0.05, 0) is 26.0 Å². The molecule has 2 heterocycles. The minimum absolute atomic E-state index is 0.0382. The Morgan fingerprint density at radius 2 is 1.90 bits per heavy atom. The number of sulfonamides is 1. The largest absolute Gasteiger partial charge is 0.275 e. The molecular weight excluding hydrogens is 290 g/mol. The van der Waals surface area contributed by atoms with Crippen molar-refractivity contribution < 1.29 is 17.2 Å². The first kappa shape index (κ1) is 14.4. The van der Waals surface area contributed by atoms with Crippen LogP contribution in [-0.2, 0) is 17.1 Å². The van der Waals surface area contributed by atoms with E-state index in [1.165, 1.54) is 11.6 Å². The molecule has 0 bridgehead atoms. The number of nitrogens with one attached hydrogen (secondary N) is 1. The second-order valence-electron chi connectivity index (χ2n) is 4.20. The van der Waals surface area contributed by atoms with Crippen LogP contribution in [0.3, 0.4) is 0 Å². The molecule has 0 aromatic carbocycles. The van der Waals surface area contributed by atoms with Crippen molar-refractivity contribution in [2.45, 2.75) is 18.7 Å². The lowest BCUT2D eigenvalue weighted by molar-refractivity contribution is 0.515. The van der Waals surface area contributed by atoms with Gasteiger partial charge < -0.3 is 0 Å². The van der Waals surface area contributed by atoms with Gasteiger partial charge in [0.25, 0.3) is 10.0 Å². The summed E-state index contributed by atoms with van der Waals surface area (Å²) >= 11 is 0. The number of aryl methyl sites for hydroxylation is 2. The summed E-state index contributed by atoms with van der Waals surface area (Å²) in [6.45, 7) is 3.11. The third kappa shape index (κ3) is 2.48. The van der Waals surface area contributed by atoms with Crippen LogP contribution in [0.4, 0.5) is 14.5 Å². The topological polar surface area (TPSA) is 76.9 Å². The van der Waals surface area contributed by atoms with Crippen molar-refractivity contribution in [2.24, 2.45) is 7.05 Å². The van der Waals surface area contributed by atoms with Crippen molar-refractivity contribution in [2.75, 3.05) is 4.72 Å². The Morgan fingerprint density at radius 1 is 1.25 bits per heavy atom. The van der Waals surface area contributed by atoms with Crippen molar-refractivity contribution in [1.29, 1.82) is 0 Å². The Labute approximate surface area is 114 Å². The van der Waals surface area contributed by atoms with Crippen LogP contribution in [0.15, 0.2) is 17.0 Å². The summed E-state index contributed by atoms with van der Waals surface area (Å²) in [7, 11) is -2.43. The Kier molecular flexibility index (Phi) is 3.46. The minimum atomic E-state index is -4.02. The molecule has 6 nitrogen and oxygen atoms in total. The lowest BCUT2D eigenvalue weighted by Gasteiger charge is -2.08. The van der Waals surface area contributed by atoms with Crippen molar-refractivity contribution in [3.8, 4) is 0 Å². The van der Waals surface area contributed by atoms with Gasteiger partial charge in [0.1, 0.15) is 10.6 Å². The summed E-state index contributed by atoms with van der Waals surface area (Å²) in [6, 6.07) is 1.83. The average Bonchev–Trinajstić information content (AvgIpc) is 2.57. The van der Waals surface area contributed by atoms with E-state index in [2.05, 4.69) is 10.1 Å². The van der Waals surface area contributed by atoms with E-state index in [1.807, 2.05) is 4.72 Å². The molecule has 0 saturated carbocycles. The van der Waals surface area contributed by atoms with E-state index in [1.54, 1.807) is 14.0 Å². The number of halogens is 2. The van der Waals surface area contributed by atoms with Crippen LogP contribution >= 0.6 is 0 Å². The highest BCUT2D eigenvalue weighted by atomic mass is 32.2. The Hall–Kier alpha value is -2.03. The monoisotopic (exact) mass is 302 g/mol. The number of rotatable bonds is 3. The van der Waals surface area contributed by atoms with E-state index in [4.69, 9.17) is 0 Å². The molecule has 0 aliphatic carbocycles. The molecule has 0 atom stereocenters. The van der Waals surface area contributed by atoms with E-state index >= 15 is 0 Å². The SMILES string of the molecule is Cc1nn(C)c(C)c1S(=O)(=O)Nc1ccc(F)nc1F. The number of pyridine rings is 1. The maximum Gasteiger partial charge on any atom is 0.265 e. The summed E-state index contributed by atoms with van der Waals surface area (Å²) in [5.74, 6) is -2.26. The van der Waals surface area contributed by atoms with Gasteiger partial charge in [-0.15, -0.1) is 0 Å². The number of anilines is 1. The van der Waals surface area contributed by atoms with Crippen LogP contribution in [0.2, 0.25) is 0 Å². The molecule has 0 radical (unpaired) electrons. The normalized spacial score (nSPS) is 11.7. The van der Waals surface area contributed by atoms with Gasteiger partial charge in [-0.2, -0.15) is 18.9 Å². The molecule has 2 aromatic heterocycles. The fourth-order valence-corrected chi connectivity index (χ4v) is 3.32. The van der Waals surface area contributed by atoms with Crippen molar-refractivity contribution in [3.05, 3.63) is 35.4 Å². The maximum atomic E-state index is 13.4. The van der Waals surface area contributed by atoms with Crippen molar-refractivity contribution >= 4 is 15.7 Å². The predicted octanol–water partition coefficient (Wildman–Crippen LogP) is 1.51. The smallest absolute Gasteiger partial charge is 0.265 e. The Balaban J connectivity index is 2.46. The van der Waals surface area contributed by atoms with E-state index < -0.39 is 27.6 Å². The third-order valence-corrected chi connectivity index (χ3v) is 4.39. The molecule has 0 spiro atoms. The average molecular weight is 302 g/mol. The first-order valence-corrected chi connectivity index (χ1v) is 7.06. The number of hydrogen-bond acceptors (Lipinski definition) is 4. The summed E-state index contributed by atoms with van der Waals surface area (Å²) in [4.78, 5) is 2.88. The van der Waals surface area contributed by atoms with Gasteiger partial charge in [-0.25, -0.2) is 8.42 Å². The van der Waals surface area contributed by atoms with Crippen LogP contribution in [0.1, 0.15) is 11.4 Å². The molecule has 0 unspecified atom stereocenters. The van der Waals surface area contributed by atoms with Gasteiger partial charge >= 0.3 is 0 Å². The molecular formula is C11H12F2N4O2S. The predicted molar refractivity (Wildman–Crippen MR) is 67.6 cm³/mol. The lowest BCUT2D eigenvalue weighted by Crippen LogP contribution is -2.16. The van der Waals surface area contributed by atoms with Gasteiger partial charge in [0.2, 0.25) is 11.9 Å². The van der Waals surface area contributed by atoms with E-state index in [9.17, 15) is 17.2 Å². The summed E-state index contributed by atoms with van der Waals surface area (Å²) in [5, 5.41) is 3.98.